The lowest BCUT2D eigenvalue weighted by Crippen LogP contribution is -2.16. The predicted octanol–water partition coefficient (Wildman–Crippen LogP) is 3.09. The first kappa shape index (κ1) is 12.3. The number of anilines is 1. The van der Waals surface area contributed by atoms with E-state index in [9.17, 15) is 0 Å². The molecule has 15 heavy (non-hydrogen) atoms. The van der Waals surface area contributed by atoms with Crippen molar-refractivity contribution in [2.24, 2.45) is 5.73 Å². The Kier molecular flexibility index (Phi) is 4.36. The molecule has 0 fully saturated rings. The standard InChI is InChI=1S/C12H17BrN2/c1-4-7-15(3)10-5-6-11(9(2)14)12(13)8-10/h4-6,8-9H,1,7,14H2,2-3H3/t9-/m0/s1. The van der Waals surface area contributed by atoms with Gasteiger partial charge in [0.1, 0.15) is 0 Å². The number of rotatable bonds is 4. The highest BCUT2D eigenvalue weighted by Gasteiger charge is 2.07. The first-order valence-electron chi connectivity index (χ1n) is 4.93. The summed E-state index contributed by atoms with van der Waals surface area (Å²) in [4.78, 5) is 2.13. The lowest BCUT2D eigenvalue weighted by atomic mass is 10.1. The van der Waals surface area contributed by atoms with Crippen LogP contribution in [-0.2, 0) is 0 Å². The minimum Gasteiger partial charge on any atom is -0.371 e. The van der Waals surface area contributed by atoms with Crippen molar-refractivity contribution in [3.63, 3.8) is 0 Å². The maximum atomic E-state index is 5.84. The lowest BCUT2D eigenvalue weighted by Gasteiger charge is -2.19. The zero-order valence-electron chi connectivity index (χ0n) is 9.20. The van der Waals surface area contributed by atoms with E-state index in [4.69, 9.17) is 5.73 Å². The third kappa shape index (κ3) is 3.08. The summed E-state index contributed by atoms with van der Waals surface area (Å²) in [5.74, 6) is 0. The first-order valence-corrected chi connectivity index (χ1v) is 5.72. The quantitative estimate of drug-likeness (QED) is 0.851. The molecule has 0 aromatic heterocycles. The van der Waals surface area contributed by atoms with Gasteiger partial charge in [-0.2, -0.15) is 0 Å². The van der Waals surface area contributed by atoms with E-state index in [1.807, 2.05) is 20.0 Å². The van der Waals surface area contributed by atoms with Gasteiger partial charge >= 0.3 is 0 Å². The van der Waals surface area contributed by atoms with Gasteiger partial charge in [-0.3, -0.25) is 0 Å². The number of benzene rings is 1. The van der Waals surface area contributed by atoms with Crippen molar-refractivity contribution in [2.45, 2.75) is 13.0 Å². The van der Waals surface area contributed by atoms with E-state index in [-0.39, 0.29) is 6.04 Å². The molecule has 2 N–H and O–H groups in total. The van der Waals surface area contributed by atoms with E-state index >= 15 is 0 Å². The average Bonchev–Trinajstić information content (AvgIpc) is 2.17. The molecule has 0 saturated heterocycles. The molecule has 0 unspecified atom stereocenters. The van der Waals surface area contributed by atoms with Gasteiger partial charge in [0, 0.05) is 29.8 Å². The van der Waals surface area contributed by atoms with E-state index in [0.29, 0.717) is 0 Å². The molecule has 0 bridgehead atoms. The zero-order chi connectivity index (χ0) is 11.4. The molecule has 2 nitrogen and oxygen atoms in total. The van der Waals surface area contributed by atoms with Crippen molar-refractivity contribution in [1.29, 1.82) is 0 Å². The zero-order valence-corrected chi connectivity index (χ0v) is 10.8. The summed E-state index contributed by atoms with van der Waals surface area (Å²) in [6, 6.07) is 6.27. The molecule has 0 aliphatic heterocycles. The van der Waals surface area contributed by atoms with Gasteiger partial charge in [-0.1, -0.05) is 28.1 Å². The Morgan fingerprint density at radius 2 is 2.27 bits per heavy atom. The summed E-state index contributed by atoms with van der Waals surface area (Å²) in [7, 11) is 2.04. The molecule has 0 spiro atoms. The highest BCUT2D eigenvalue weighted by Crippen LogP contribution is 2.26. The van der Waals surface area contributed by atoms with Crippen molar-refractivity contribution in [3.8, 4) is 0 Å². The van der Waals surface area contributed by atoms with Crippen molar-refractivity contribution in [1.82, 2.24) is 0 Å². The van der Waals surface area contributed by atoms with Crippen LogP contribution in [0.25, 0.3) is 0 Å². The van der Waals surface area contributed by atoms with E-state index in [1.165, 1.54) is 0 Å². The highest BCUT2D eigenvalue weighted by molar-refractivity contribution is 9.10. The summed E-state index contributed by atoms with van der Waals surface area (Å²) in [6.45, 7) is 6.54. The average molecular weight is 269 g/mol. The number of halogens is 1. The van der Waals surface area contributed by atoms with E-state index in [0.717, 1.165) is 22.3 Å². The molecular weight excluding hydrogens is 252 g/mol. The van der Waals surface area contributed by atoms with Gasteiger partial charge in [-0.25, -0.2) is 0 Å². The van der Waals surface area contributed by atoms with Crippen LogP contribution in [0.15, 0.2) is 35.3 Å². The van der Waals surface area contributed by atoms with Crippen molar-refractivity contribution < 1.29 is 0 Å². The van der Waals surface area contributed by atoms with Gasteiger partial charge in [-0.15, -0.1) is 6.58 Å². The summed E-state index contributed by atoms with van der Waals surface area (Å²) in [5, 5.41) is 0. The van der Waals surface area contributed by atoms with Crippen LogP contribution in [-0.4, -0.2) is 13.6 Å². The Bertz CT molecular complexity index is 347. The Hall–Kier alpha value is -0.800. The Labute approximate surface area is 99.9 Å². The van der Waals surface area contributed by atoms with Crippen LogP contribution in [0.1, 0.15) is 18.5 Å². The Morgan fingerprint density at radius 3 is 2.73 bits per heavy atom. The summed E-state index contributed by atoms with van der Waals surface area (Å²) < 4.78 is 1.06. The molecule has 0 saturated carbocycles. The third-order valence-corrected chi connectivity index (χ3v) is 3.01. The van der Waals surface area contributed by atoms with Gasteiger partial charge in [0.05, 0.1) is 0 Å². The minimum atomic E-state index is 0.0538. The van der Waals surface area contributed by atoms with Crippen LogP contribution < -0.4 is 10.6 Å². The SMILES string of the molecule is C=CCN(C)c1ccc([C@H](C)N)c(Br)c1. The van der Waals surface area contributed by atoms with Crippen LogP contribution in [0.5, 0.6) is 0 Å². The van der Waals surface area contributed by atoms with E-state index < -0.39 is 0 Å². The van der Waals surface area contributed by atoms with Gasteiger partial charge in [-0.05, 0) is 24.6 Å². The van der Waals surface area contributed by atoms with Crippen LogP contribution in [0.3, 0.4) is 0 Å². The number of hydrogen-bond donors (Lipinski definition) is 1. The molecule has 0 aliphatic carbocycles. The monoisotopic (exact) mass is 268 g/mol. The number of nitrogens with zero attached hydrogens (tertiary/aromatic N) is 1. The van der Waals surface area contributed by atoms with Gasteiger partial charge < -0.3 is 10.6 Å². The molecule has 0 heterocycles. The fraction of sp³-hybridized carbons (Fsp3) is 0.333. The van der Waals surface area contributed by atoms with E-state index in [1.54, 1.807) is 0 Å². The fourth-order valence-corrected chi connectivity index (χ4v) is 2.15. The number of likely N-dealkylation sites (N-methyl/N-ethyl adjacent to an activating group) is 1. The molecular formula is C12H17BrN2. The molecule has 3 heteroatoms. The molecule has 1 aromatic rings. The molecule has 1 rings (SSSR count). The normalized spacial score (nSPS) is 12.3. The summed E-state index contributed by atoms with van der Waals surface area (Å²) in [6.07, 6.45) is 1.88. The predicted molar refractivity (Wildman–Crippen MR) is 70.2 cm³/mol. The highest BCUT2D eigenvalue weighted by atomic mass is 79.9. The fourth-order valence-electron chi connectivity index (χ4n) is 1.42. The molecule has 0 radical (unpaired) electrons. The van der Waals surface area contributed by atoms with Crippen LogP contribution in [0, 0.1) is 0 Å². The van der Waals surface area contributed by atoms with Crippen LogP contribution >= 0.6 is 15.9 Å². The summed E-state index contributed by atoms with van der Waals surface area (Å²) in [5.41, 5.74) is 8.13. The van der Waals surface area contributed by atoms with Crippen LogP contribution in [0.4, 0.5) is 5.69 Å². The second kappa shape index (κ2) is 5.33. The second-order valence-electron chi connectivity index (χ2n) is 3.66. The first-order chi connectivity index (χ1) is 7.06. The third-order valence-electron chi connectivity index (χ3n) is 2.32. The second-order valence-corrected chi connectivity index (χ2v) is 4.52. The molecule has 0 aliphatic rings. The van der Waals surface area contributed by atoms with Gasteiger partial charge in [0.15, 0.2) is 0 Å². The molecule has 1 atom stereocenters. The Balaban J connectivity index is 2.95. The topological polar surface area (TPSA) is 29.3 Å². The number of hydrogen-bond acceptors (Lipinski definition) is 2. The van der Waals surface area contributed by atoms with Crippen molar-refractivity contribution >= 4 is 21.6 Å². The number of nitrogens with two attached hydrogens (primary N) is 1. The largest absolute Gasteiger partial charge is 0.371 e. The molecule has 0 amide bonds. The van der Waals surface area contributed by atoms with Crippen molar-refractivity contribution in [2.75, 3.05) is 18.5 Å². The maximum Gasteiger partial charge on any atom is 0.0377 e. The summed E-state index contributed by atoms with van der Waals surface area (Å²) >= 11 is 3.53. The van der Waals surface area contributed by atoms with Gasteiger partial charge in [0.2, 0.25) is 0 Å². The lowest BCUT2D eigenvalue weighted by molar-refractivity contribution is 0.812. The molecule has 1 aromatic carbocycles. The minimum absolute atomic E-state index is 0.0538. The maximum absolute atomic E-state index is 5.84. The molecule has 82 valence electrons. The van der Waals surface area contributed by atoms with Crippen LogP contribution in [0.2, 0.25) is 0 Å². The van der Waals surface area contributed by atoms with Gasteiger partial charge in [0.25, 0.3) is 0 Å². The van der Waals surface area contributed by atoms with Crippen molar-refractivity contribution in [3.05, 3.63) is 40.9 Å². The van der Waals surface area contributed by atoms with E-state index in [2.05, 4.69) is 45.6 Å². The smallest absolute Gasteiger partial charge is 0.0377 e. The Morgan fingerprint density at radius 1 is 1.60 bits per heavy atom.